The van der Waals surface area contributed by atoms with Crippen LogP contribution >= 0.6 is 12.4 Å². The fourth-order valence-corrected chi connectivity index (χ4v) is 4.11. The molecule has 0 radical (unpaired) electrons. The molecule has 2 saturated heterocycles. The zero-order valence-corrected chi connectivity index (χ0v) is 16.1. The maximum Gasteiger partial charge on any atom is 0.435 e. The van der Waals surface area contributed by atoms with Crippen molar-refractivity contribution in [2.24, 2.45) is 0 Å². The van der Waals surface area contributed by atoms with E-state index in [0.717, 1.165) is 36.4 Å². The molecule has 2 aromatic rings. The maximum atomic E-state index is 12.9. The lowest BCUT2D eigenvalue weighted by Crippen LogP contribution is -2.48. The Labute approximate surface area is 167 Å². The van der Waals surface area contributed by atoms with Crippen LogP contribution in [0.1, 0.15) is 41.7 Å². The largest absolute Gasteiger partial charge is 0.435 e. The number of hydrogen-bond acceptors (Lipinski definition) is 3. The zero-order valence-electron chi connectivity index (χ0n) is 15.3. The number of rotatable bonds is 3. The molecule has 2 bridgehead atoms. The van der Waals surface area contributed by atoms with E-state index in [2.05, 4.69) is 10.4 Å². The van der Waals surface area contributed by atoms with Crippen LogP contribution in [0.25, 0.3) is 5.69 Å². The third-order valence-electron chi connectivity index (χ3n) is 5.55. The molecule has 9 heteroatoms. The molecule has 1 aromatic heterocycles. The van der Waals surface area contributed by atoms with E-state index in [1.807, 2.05) is 0 Å². The molecule has 2 atom stereocenters. The van der Waals surface area contributed by atoms with E-state index in [0.29, 0.717) is 23.3 Å². The maximum absolute atomic E-state index is 12.9. The Balaban J connectivity index is 0.00000225. The second-order valence-electron chi connectivity index (χ2n) is 7.37. The van der Waals surface area contributed by atoms with Gasteiger partial charge in [0.15, 0.2) is 5.69 Å². The number of alkyl halides is 3. The highest BCUT2D eigenvalue weighted by atomic mass is 35.5. The van der Waals surface area contributed by atoms with Gasteiger partial charge in [-0.3, -0.25) is 4.79 Å². The number of aromatic nitrogens is 2. The van der Waals surface area contributed by atoms with Crippen molar-refractivity contribution in [1.29, 1.82) is 0 Å². The third kappa shape index (κ3) is 4.03. The summed E-state index contributed by atoms with van der Waals surface area (Å²) < 4.78 is 39.4. The number of nitrogens with one attached hydrogen (secondary N) is 1. The topological polar surface area (TPSA) is 50.2 Å². The van der Waals surface area contributed by atoms with Crippen LogP contribution < -0.4 is 5.32 Å². The van der Waals surface area contributed by atoms with E-state index in [1.54, 1.807) is 36.2 Å². The molecule has 1 amide bonds. The number of piperidine rings is 1. The molecule has 28 heavy (non-hydrogen) atoms. The fraction of sp³-hybridized carbons (Fsp3) is 0.474. The number of hydrogen-bond donors (Lipinski definition) is 1. The van der Waals surface area contributed by atoms with Crippen molar-refractivity contribution in [3.63, 3.8) is 0 Å². The van der Waals surface area contributed by atoms with Gasteiger partial charge in [0.2, 0.25) is 0 Å². The Kier molecular flexibility index (Phi) is 5.72. The minimum atomic E-state index is -4.49. The van der Waals surface area contributed by atoms with Crippen molar-refractivity contribution >= 4 is 18.3 Å². The van der Waals surface area contributed by atoms with Crippen LogP contribution in [0, 0.1) is 0 Å². The predicted octanol–water partition coefficient (Wildman–Crippen LogP) is 3.67. The van der Waals surface area contributed by atoms with Gasteiger partial charge in [0, 0.05) is 36.9 Å². The third-order valence-corrected chi connectivity index (χ3v) is 5.55. The fourth-order valence-electron chi connectivity index (χ4n) is 4.11. The van der Waals surface area contributed by atoms with Crippen molar-refractivity contribution in [1.82, 2.24) is 20.0 Å². The number of carbonyl (C=O) groups excluding carboxylic acids is 1. The number of fused-ring (bicyclic) bond motifs is 2. The average molecular weight is 415 g/mol. The first-order chi connectivity index (χ1) is 12.8. The van der Waals surface area contributed by atoms with E-state index in [9.17, 15) is 18.0 Å². The van der Waals surface area contributed by atoms with Crippen LogP contribution in [-0.2, 0) is 6.18 Å². The molecule has 3 heterocycles. The molecule has 1 N–H and O–H groups in total. The van der Waals surface area contributed by atoms with E-state index >= 15 is 0 Å². The Morgan fingerprint density at radius 2 is 1.89 bits per heavy atom. The molecular weight excluding hydrogens is 393 g/mol. The molecule has 2 aliphatic rings. The lowest BCUT2D eigenvalue weighted by Gasteiger charge is -2.35. The van der Waals surface area contributed by atoms with Gasteiger partial charge in [0.1, 0.15) is 0 Å². The molecule has 2 unspecified atom stereocenters. The van der Waals surface area contributed by atoms with Gasteiger partial charge >= 0.3 is 6.18 Å². The molecule has 0 spiro atoms. The summed E-state index contributed by atoms with van der Waals surface area (Å²) in [6.07, 6.45) is 0.936. The quantitative estimate of drug-likeness (QED) is 0.833. The Hall–Kier alpha value is -2.06. The van der Waals surface area contributed by atoms with Crippen LogP contribution in [0.15, 0.2) is 36.5 Å². The van der Waals surface area contributed by atoms with E-state index in [1.165, 1.54) is 6.20 Å². The number of benzene rings is 1. The Morgan fingerprint density at radius 3 is 2.50 bits per heavy atom. The first-order valence-electron chi connectivity index (χ1n) is 9.08. The van der Waals surface area contributed by atoms with Crippen LogP contribution in [0.4, 0.5) is 13.2 Å². The molecule has 0 saturated carbocycles. The molecule has 5 nitrogen and oxygen atoms in total. The molecule has 2 fully saturated rings. The van der Waals surface area contributed by atoms with E-state index < -0.39 is 11.9 Å². The number of halogens is 4. The first-order valence-corrected chi connectivity index (χ1v) is 9.08. The van der Waals surface area contributed by atoms with Crippen molar-refractivity contribution in [3.8, 4) is 5.69 Å². The van der Waals surface area contributed by atoms with Gasteiger partial charge < -0.3 is 10.2 Å². The standard InChI is InChI=1S/C19H21F3N4O.ClH/c1-25(16-10-13-5-6-14(11-16)23-13)18(27)12-3-2-4-15(9-12)26-8-7-17(24-26)19(20,21)22;/h2-4,7-9,13-14,16,23H,5-6,10-11H2,1H3;1H. The summed E-state index contributed by atoms with van der Waals surface area (Å²) in [6, 6.07) is 8.62. The molecule has 0 aliphatic carbocycles. The van der Waals surface area contributed by atoms with Gasteiger partial charge in [-0.2, -0.15) is 18.3 Å². The van der Waals surface area contributed by atoms with Crippen LogP contribution in [0.2, 0.25) is 0 Å². The van der Waals surface area contributed by atoms with Crippen molar-refractivity contribution in [2.75, 3.05) is 7.05 Å². The summed E-state index contributed by atoms with van der Waals surface area (Å²) in [4.78, 5) is 14.7. The summed E-state index contributed by atoms with van der Waals surface area (Å²) >= 11 is 0. The minimum Gasteiger partial charge on any atom is -0.339 e. The summed E-state index contributed by atoms with van der Waals surface area (Å²) in [5.74, 6) is -0.119. The van der Waals surface area contributed by atoms with Gasteiger partial charge in [-0.25, -0.2) is 4.68 Å². The van der Waals surface area contributed by atoms with Gasteiger partial charge in [-0.15, -0.1) is 12.4 Å². The second kappa shape index (κ2) is 7.75. The molecule has 1 aromatic carbocycles. The summed E-state index contributed by atoms with van der Waals surface area (Å²) in [6.45, 7) is 0. The van der Waals surface area contributed by atoms with E-state index in [4.69, 9.17) is 0 Å². The Bertz CT molecular complexity index is 842. The van der Waals surface area contributed by atoms with Crippen molar-refractivity contribution < 1.29 is 18.0 Å². The van der Waals surface area contributed by atoms with Gasteiger partial charge in [-0.05, 0) is 49.9 Å². The highest BCUT2D eigenvalue weighted by molar-refractivity contribution is 5.94. The number of nitrogens with zero attached hydrogens (tertiary/aromatic N) is 3. The normalized spacial score (nSPS) is 23.9. The summed E-state index contributed by atoms with van der Waals surface area (Å²) in [5.41, 5.74) is -0.0819. The van der Waals surface area contributed by atoms with E-state index in [-0.39, 0.29) is 24.4 Å². The number of amides is 1. The highest BCUT2D eigenvalue weighted by Gasteiger charge is 2.36. The number of carbonyl (C=O) groups is 1. The van der Waals surface area contributed by atoms with Gasteiger partial charge in [0.25, 0.3) is 5.91 Å². The predicted molar refractivity (Wildman–Crippen MR) is 101 cm³/mol. The van der Waals surface area contributed by atoms with Crippen LogP contribution in [-0.4, -0.2) is 45.8 Å². The van der Waals surface area contributed by atoms with Gasteiger partial charge in [-0.1, -0.05) is 6.07 Å². The second-order valence-corrected chi connectivity index (χ2v) is 7.37. The molecule has 4 rings (SSSR count). The van der Waals surface area contributed by atoms with Crippen molar-refractivity contribution in [3.05, 3.63) is 47.8 Å². The van der Waals surface area contributed by atoms with Crippen LogP contribution in [0.3, 0.4) is 0 Å². The van der Waals surface area contributed by atoms with Crippen LogP contribution in [0.5, 0.6) is 0 Å². The smallest absolute Gasteiger partial charge is 0.339 e. The molecule has 2 aliphatic heterocycles. The lowest BCUT2D eigenvalue weighted by atomic mass is 9.98. The van der Waals surface area contributed by atoms with Gasteiger partial charge in [0.05, 0.1) is 5.69 Å². The molecule has 152 valence electrons. The average Bonchev–Trinajstić information content (AvgIpc) is 3.27. The Morgan fingerprint density at radius 1 is 1.21 bits per heavy atom. The zero-order chi connectivity index (χ0) is 19.2. The van der Waals surface area contributed by atoms with Crippen molar-refractivity contribution in [2.45, 2.75) is 50.0 Å². The highest BCUT2D eigenvalue weighted by Crippen LogP contribution is 2.30. The molecular formula is C19H22ClF3N4O. The lowest BCUT2D eigenvalue weighted by molar-refractivity contribution is -0.141. The summed E-state index contributed by atoms with van der Waals surface area (Å²) in [7, 11) is 1.81. The first kappa shape index (κ1) is 20.7. The minimum absolute atomic E-state index is 0. The summed E-state index contributed by atoms with van der Waals surface area (Å²) in [5, 5.41) is 7.13. The SMILES string of the molecule is CN(C(=O)c1cccc(-n2ccc(C(F)(F)F)n2)c1)C1CC2CCC(C1)N2.Cl. The monoisotopic (exact) mass is 414 g/mol.